The molecule has 0 saturated heterocycles. The number of hydrogen-bond acceptors (Lipinski definition) is 3. The molecule has 5 heteroatoms. The van der Waals surface area contributed by atoms with Crippen LogP contribution in [0.1, 0.15) is 5.56 Å². The van der Waals surface area contributed by atoms with Crippen molar-refractivity contribution < 1.29 is 9.11 Å². The second kappa shape index (κ2) is 2.63. The van der Waals surface area contributed by atoms with Gasteiger partial charge in [0.15, 0.2) is 0 Å². The molecule has 0 aromatic heterocycles. The van der Waals surface area contributed by atoms with Gasteiger partial charge in [0.1, 0.15) is 0 Å². The third-order valence-electron chi connectivity index (χ3n) is 1.68. The number of nitrogens with one attached hydrogen (secondary N) is 1. The fourth-order valence-electron chi connectivity index (χ4n) is 1.10. The molecule has 1 radical (unpaired) electrons. The second-order valence-electron chi connectivity index (χ2n) is 2.57. The normalized spacial score (nSPS) is 22.2. The third kappa shape index (κ3) is 1.39. The predicted molar refractivity (Wildman–Crippen MR) is 48.8 cm³/mol. The summed E-state index contributed by atoms with van der Waals surface area (Å²) in [6, 6.07) is 7.44. The van der Waals surface area contributed by atoms with Gasteiger partial charge in [0.25, 0.3) is 0 Å². The van der Waals surface area contributed by atoms with Gasteiger partial charge in [-0.05, 0) is 22.6 Å². The topological polar surface area (TPSA) is 66.6 Å². The lowest BCUT2D eigenvalue weighted by molar-refractivity contribution is 0.472. The first-order valence-electron chi connectivity index (χ1n) is 3.50. The van der Waals surface area contributed by atoms with E-state index in [4.69, 9.17) is 0 Å². The molecule has 65 valence electrons. The van der Waals surface area contributed by atoms with Gasteiger partial charge in [-0.25, -0.2) is 0 Å². The molecule has 1 aromatic carbocycles. The Bertz CT molecular complexity index is 303. The van der Waals surface area contributed by atoms with Gasteiger partial charge in [0, 0.05) is 0 Å². The SMILES string of the molecule is OS1(O)[N]Cc2ccccc2N1. The molecular weight excluding hydrogens is 176 g/mol. The van der Waals surface area contributed by atoms with Crippen LogP contribution in [0.3, 0.4) is 0 Å². The van der Waals surface area contributed by atoms with E-state index in [1.165, 1.54) is 0 Å². The summed E-state index contributed by atoms with van der Waals surface area (Å²) in [5.74, 6) is 0. The largest absolute Gasteiger partial charge is 0.269 e. The Kier molecular flexibility index (Phi) is 1.73. The first-order valence-corrected chi connectivity index (χ1v) is 5.00. The number of fused-ring (bicyclic) bond motifs is 1. The molecule has 0 atom stereocenters. The maximum Gasteiger partial charge on any atom is 0.0645 e. The predicted octanol–water partition coefficient (Wildman–Crippen LogP) is 1.80. The lowest BCUT2D eigenvalue weighted by Gasteiger charge is -2.36. The molecule has 0 fully saturated rings. The van der Waals surface area contributed by atoms with Gasteiger partial charge in [0.05, 0.1) is 12.2 Å². The molecule has 0 unspecified atom stereocenters. The molecule has 0 spiro atoms. The van der Waals surface area contributed by atoms with Crippen LogP contribution in [0.15, 0.2) is 24.3 Å². The molecule has 1 aliphatic rings. The molecule has 1 heterocycles. The maximum absolute atomic E-state index is 9.18. The zero-order chi connectivity index (χ0) is 8.60. The zero-order valence-corrected chi connectivity index (χ0v) is 7.08. The molecule has 4 nitrogen and oxygen atoms in total. The summed E-state index contributed by atoms with van der Waals surface area (Å²) in [5, 5.41) is 0. The second-order valence-corrected chi connectivity index (χ2v) is 4.07. The van der Waals surface area contributed by atoms with E-state index < -0.39 is 11.0 Å². The van der Waals surface area contributed by atoms with Crippen LogP contribution in [0.5, 0.6) is 0 Å². The summed E-state index contributed by atoms with van der Waals surface area (Å²) in [6.45, 7) is 0.367. The number of nitrogens with zero attached hydrogens (tertiary/aromatic N) is 1. The molecule has 0 bridgehead atoms. The minimum absolute atomic E-state index is 0.367. The van der Waals surface area contributed by atoms with Crippen molar-refractivity contribution >= 4 is 16.6 Å². The van der Waals surface area contributed by atoms with Gasteiger partial charge in [-0.15, -0.1) is 0 Å². The van der Waals surface area contributed by atoms with Crippen molar-refractivity contribution in [3.63, 3.8) is 0 Å². The summed E-state index contributed by atoms with van der Waals surface area (Å²) in [4.78, 5) is 0. The van der Waals surface area contributed by atoms with Gasteiger partial charge >= 0.3 is 0 Å². The lowest BCUT2D eigenvalue weighted by Crippen LogP contribution is -2.25. The van der Waals surface area contributed by atoms with E-state index in [0.29, 0.717) is 6.54 Å². The van der Waals surface area contributed by atoms with E-state index in [1.807, 2.05) is 18.2 Å². The maximum atomic E-state index is 9.18. The number of hydrogen-bond donors (Lipinski definition) is 3. The molecule has 1 aromatic rings. The van der Waals surface area contributed by atoms with Crippen LogP contribution in [0.4, 0.5) is 5.69 Å². The van der Waals surface area contributed by atoms with Gasteiger partial charge < -0.3 is 0 Å². The number of anilines is 1. The fraction of sp³-hybridized carbons (Fsp3) is 0.143. The van der Waals surface area contributed by atoms with Crippen molar-refractivity contribution in [1.29, 1.82) is 0 Å². The summed E-state index contributed by atoms with van der Waals surface area (Å²) < 4.78 is 24.6. The van der Waals surface area contributed by atoms with Crippen LogP contribution in [0, 0.1) is 0 Å². The average molecular weight is 185 g/mol. The first-order chi connectivity index (χ1) is 5.67. The highest BCUT2D eigenvalue weighted by atomic mass is 32.3. The van der Waals surface area contributed by atoms with E-state index in [9.17, 15) is 9.11 Å². The Labute approximate surface area is 72.2 Å². The highest BCUT2D eigenvalue weighted by Gasteiger charge is 2.20. The summed E-state index contributed by atoms with van der Waals surface area (Å²) in [6.07, 6.45) is 0. The van der Waals surface area contributed by atoms with Crippen molar-refractivity contribution in [3.05, 3.63) is 29.8 Å². The molecule has 3 N–H and O–H groups in total. The Morgan fingerprint density at radius 2 is 2.08 bits per heavy atom. The highest BCUT2D eigenvalue weighted by Crippen LogP contribution is 2.41. The summed E-state index contributed by atoms with van der Waals surface area (Å²) in [5.41, 5.74) is 1.75. The molecule has 0 aliphatic carbocycles. The summed E-state index contributed by atoms with van der Waals surface area (Å²) in [7, 11) is -2.92. The van der Waals surface area contributed by atoms with Crippen molar-refractivity contribution in [2.45, 2.75) is 6.54 Å². The van der Waals surface area contributed by atoms with Crippen LogP contribution in [0.2, 0.25) is 0 Å². The van der Waals surface area contributed by atoms with E-state index in [0.717, 1.165) is 11.3 Å². The van der Waals surface area contributed by atoms with Gasteiger partial charge in [-0.3, -0.25) is 13.8 Å². The van der Waals surface area contributed by atoms with Gasteiger partial charge in [0.2, 0.25) is 0 Å². The van der Waals surface area contributed by atoms with Crippen LogP contribution < -0.4 is 9.44 Å². The Hall–Kier alpha value is -0.750. The van der Waals surface area contributed by atoms with E-state index in [-0.39, 0.29) is 0 Å². The fourth-order valence-corrected chi connectivity index (χ4v) is 1.97. The van der Waals surface area contributed by atoms with Gasteiger partial charge in [-0.1, -0.05) is 22.9 Å². The molecule has 0 amide bonds. The first kappa shape index (κ1) is 7.88. The monoisotopic (exact) mass is 185 g/mol. The molecular formula is C7H9N2O2S. The van der Waals surface area contributed by atoms with Crippen molar-refractivity contribution in [3.8, 4) is 0 Å². The van der Waals surface area contributed by atoms with E-state index >= 15 is 0 Å². The van der Waals surface area contributed by atoms with Crippen molar-refractivity contribution in [1.82, 2.24) is 4.72 Å². The quantitative estimate of drug-likeness (QED) is 0.577. The minimum atomic E-state index is -2.92. The van der Waals surface area contributed by atoms with E-state index in [1.54, 1.807) is 6.07 Å². The number of benzene rings is 1. The number of para-hydroxylation sites is 1. The van der Waals surface area contributed by atoms with Crippen molar-refractivity contribution in [2.75, 3.05) is 4.72 Å². The highest BCUT2D eigenvalue weighted by molar-refractivity contribution is 8.23. The lowest BCUT2D eigenvalue weighted by atomic mass is 10.2. The Balaban J connectivity index is 2.35. The third-order valence-corrected chi connectivity index (χ3v) is 2.66. The van der Waals surface area contributed by atoms with Crippen LogP contribution >= 0.6 is 11.0 Å². The van der Waals surface area contributed by atoms with Crippen molar-refractivity contribution in [2.24, 2.45) is 0 Å². The average Bonchev–Trinajstić information content (AvgIpc) is 2.02. The molecule has 1 aliphatic heterocycles. The Morgan fingerprint density at radius 3 is 2.92 bits per heavy atom. The molecule has 0 saturated carbocycles. The Morgan fingerprint density at radius 1 is 1.33 bits per heavy atom. The standard InChI is InChI=1S/C7H9N2O2S/c10-12(11)8-5-6-3-1-2-4-7(6)9-12/h1-4,9-11H,5H2. The molecule has 2 rings (SSSR count). The van der Waals surface area contributed by atoms with Gasteiger partial charge in [-0.2, -0.15) is 0 Å². The minimum Gasteiger partial charge on any atom is -0.269 e. The van der Waals surface area contributed by atoms with Crippen LogP contribution in [-0.2, 0) is 6.54 Å². The van der Waals surface area contributed by atoms with Crippen LogP contribution in [0.25, 0.3) is 0 Å². The number of rotatable bonds is 0. The smallest absolute Gasteiger partial charge is 0.0645 e. The summed E-state index contributed by atoms with van der Waals surface area (Å²) >= 11 is 0. The van der Waals surface area contributed by atoms with Crippen LogP contribution in [-0.4, -0.2) is 9.11 Å². The molecule has 12 heavy (non-hydrogen) atoms. The zero-order valence-electron chi connectivity index (χ0n) is 6.27. The van der Waals surface area contributed by atoms with E-state index in [2.05, 4.69) is 9.44 Å².